The predicted molar refractivity (Wildman–Crippen MR) is 140 cm³/mol. The number of hydrogen-bond acceptors (Lipinski definition) is 4. The molecule has 36 heavy (non-hydrogen) atoms. The lowest BCUT2D eigenvalue weighted by molar-refractivity contribution is 0.0942. The van der Waals surface area contributed by atoms with Crippen LogP contribution in [0.25, 0.3) is 10.9 Å². The van der Waals surface area contributed by atoms with Crippen molar-refractivity contribution < 1.29 is 14.3 Å². The largest absolute Gasteiger partial charge is 0.497 e. The van der Waals surface area contributed by atoms with Crippen molar-refractivity contribution in [3.63, 3.8) is 0 Å². The van der Waals surface area contributed by atoms with E-state index in [0.29, 0.717) is 29.4 Å². The Labute approximate surface area is 209 Å². The van der Waals surface area contributed by atoms with Gasteiger partial charge in [-0.25, -0.2) is 4.98 Å². The summed E-state index contributed by atoms with van der Waals surface area (Å²) in [5, 5.41) is 4.11. The van der Waals surface area contributed by atoms with Gasteiger partial charge in [0.05, 0.1) is 19.8 Å². The second-order valence-electron chi connectivity index (χ2n) is 8.62. The molecule has 1 N–H and O–H groups in total. The number of para-hydroxylation sites is 1. The number of hydrogen-bond donors (Lipinski definition) is 1. The van der Waals surface area contributed by atoms with Crippen molar-refractivity contribution in [2.75, 3.05) is 14.2 Å². The number of carbonyl (C=O) groups excluding carboxylic acids is 1. The molecule has 1 unspecified atom stereocenters. The molecule has 182 valence electrons. The molecule has 0 aliphatic carbocycles. The van der Waals surface area contributed by atoms with Gasteiger partial charge in [0, 0.05) is 49.2 Å². The summed E-state index contributed by atoms with van der Waals surface area (Å²) in [7, 11) is 5.12. The predicted octanol–water partition coefficient (Wildman–Crippen LogP) is 4.96. The molecule has 0 aliphatic rings. The molecule has 0 saturated heterocycles. The molecule has 5 rings (SSSR count). The van der Waals surface area contributed by atoms with Crippen molar-refractivity contribution >= 4 is 16.8 Å². The first-order valence-electron chi connectivity index (χ1n) is 11.7. The molecule has 7 nitrogen and oxygen atoms in total. The maximum atomic E-state index is 13.8. The van der Waals surface area contributed by atoms with Crippen LogP contribution in [0.3, 0.4) is 0 Å². The van der Waals surface area contributed by atoms with Crippen LogP contribution in [0.15, 0.2) is 91.4 Å². The van der Waals surface area contributed by atoms with Crippen LogP contribution < -0.4 is 14.8 Å². The van der Waals surface area contributed by atoms with Gasteiger partial charge in [0.25, 0.3) is 5.91 Å². The summed E-state index contributed by atoms with van der Waals surface area (Å²) < 4.78 is 15.0. The summed E-state index contributed by atoms with van der Waals surface area (Å²) in [5.74, 6) is 1.79. The lowest BCUT2D eigenvalue weighted by atomic mass is 10.0. The molecular weight excluding hydrogens is 452 g/mol. The molecule has 0 aliphatic heterocycles. The third-order valence-corrected chi connectivity index (χ3v) is 6.33. The zero-order valence-corrected chi connectivity index (χ0v) is 20.5. The van der Waals surface area contributed by atoms with Gasteiger partial charge in [0.2, 0.25) is 0 Å². The summed E-state index contributed by atoms with van der Waals surface area (Å²) in [5.41, 5.74) is 3.58. The lowest BCUT2D eigenvalue weighted by Gasteiger charge is -2.20. The fourth-order valence-electron chi connectivity index (χ4n) is 4.50. The highest BCUT2D eigenvalue weighted by Crippen LogP contribution is 2.30. The van der Waals surface area contributed by atoms with Crippen molar-refractivity contribution in [2.45, 2.75) is 12.6 Å². The molecule has 0 radical (unpaired) electrons. The number of aromatic nitrogens is 3. The van der Waals surface area contributed by atoms with E-state index in [1.807, 2.05) is 78.6 Å². The Balaban J connectivity index is 1.55. The van der Waals surface area contributed by atoms with Crippen LogP contribution in [0.4, 0.5) is 0 Å². The fraction of sp³-hybridized carbons (Fsp3) is 0.172. The Kier molecular flexibility index (Phi) is 6.45. The molecule has 2 heterocycles. The summed E-state index contributed by atoms with van der Waals surface area (Å²) in [6, 6.07) is 23.2. The minimum absolute atomic E-state index is 0.187. The van der Waals surface area contributed by atoms with Crippen molar-refractivity contribution in [1.29, 1.82) is 0 Å². The van der Waals surface area contributed by atoms with Crippen LogP contribution >= 0.6 is 0 Å². The quantitative estimate of drug-likeness (QED) is 0.341. The van der Waals surface area contributed by atoms with E-state index in [0.717, 1.165) is 16.5 Å². The third-order valence-electron chi connectivity index (χ3n) is 6.33. The molecule has 0 spiro atoms. The average molecular weight is 481 g/mol. The summed E-state index contributed by atoms with van der Waals surface area (Å²) in [6.45, 7) is 0.671. The third kappa shape index (κ3) is 4.55. The highest BCUT2D eigenvalue weighted by molar-refractivity contribution is 6.07. The van der Waals surface area contributed by atoms with Gasteiger partial charge in [-0.3, -0.25) is 4.79 Å². The molecule has 0 saturated carbocycles. The van der Waals surface area contributed by atoms with Crippen molar-refractivity contribution in [2.24, 2.45) is 7.05 Å². The summed E-state index contributed by atoms with van der Waals surface area (Å²) >= 11 is 0. The number of carbonyl (C=O) groups is 1. The van der Waals surface area contributed by atoms with Crippen LogP contribution in [0.2, 0.25) is 0 Å². The molecule has 0 fully saturated rings. The van der Waals surface area contributed by atoms with E-state index in [1.54, 1.807) is 26.5 Å². The summed E-state index contributed by atoms with van der Waals surface area (Å²) in [4.78, 5) is 18.3. The van der Waals surface area contributed by atoms with E-state index in [9.17, 15) is 4.79 Å². The highest BCUT2D eigenvalue weighted by atomic mass is 16.5. The van der Waals surface area contributed by atoms with Crippen LogP contribution in [-0.4, -0.2) is 34.2 Å². The number of imidazole rings is 1. The fourth-order valence-corrected chi connectivity index (χ4v) is 4.50. The number of aryl methyl sites for hydroxylation is 1. The van der Waals surface area contributed by atoms with Gasteiger partial charge in [-0.05, 0) is 29.3 Å². The Hall–Kier alpha value is -4.52. The number of methoxy groups -OCH3 is 2. The number of fused-ring (bicyclic) bond motifs is 1. The molecule has 3 aromatic carbocycles. The molecule has 0 bridgehead atoms. The first-order chi connectivity index (χ1) is 17.6. The SMILES string of the molecule is COc1cc(OC)cc(C(NC(=O)c2cn(Cc3ccccc3)c3ccccc23)c2nccn2C)c1. The van der Waals surface area contributed by atoms with Gasteiger partial charge in [-0.1, -0.05) is 48.5 Å². The van der Waals surface area contributed by atoms with Gasteiger partial charge in [0.15, 0.2) is 0 Å². The first-order valence-corrected chi connectivity index (χ1v) is 11.7. The lowest BCUT2D eigenvalue weighted by Crippen LogP contribution is -2.31. The number of nitrogens with zero attached hydrogens (tertiary/aromatic N) is 3. The summed E-state index contributed by atoms with van der Waals surface area (Å²) in [6.07, 6.45) is 5.50. The number of amides is 1. The Morgan fingerprint density at radius 3 is 2.33 bits per heavy atom. The minimum Gasteiger partial charge on any atom is -0.497 e. The Bertz CT molecular complexity index is 1480. The zero-order valence-electron chi connectivity index (χ0n) is 20.5. The van der Waals surface area contributed by atoms with E-state index in [4.69, 9.17) is 9.47 Å². The second kappa shape index (κ2) is 10.00. The smallest absolute Gasteiger partial charge is 0.254 e. The molecule has 5 aromatic rings. The van der Waals surface area contributed by atoms with Crippen LogP contribution in [-0.2, 0) is 13.6 Å². The van der Waals surface area contributed by atoms with E-state index >= 15 is 0 Å². The van der Waals surface area contributed by atoms with Gasteiger partial charge in [-0.15, -0.1) is 0 Å². The topological polar surface area (TPSA) is 70.3 Å². The van der Waals surface area contributed by atoms with Gasteiger partial charge >= 0.3 is 0 Å². The Morgan fingerprint density at radius 1 is 0.972 bits per heavy atom. The molecule has 1 atom stereocenters. The van der Waals surface area contributed by atoms with Crippen LogP contribution in [0.5, 0.6) is 11.5 Å². The minimum atomic E-state index is -0.516. The number of ether oxygens (including phenoxy) is 2. The molecule has 2 aromatic heterocycles. The molecular formula is C29H28N4O3. The molecule has 1 amide bonds. The van der Waals surface area contributed by atoms with Gasteiger partial charge in [-0.2, -0.15) is 0 Å². The average Bonchev–Trinajstić information content (AvgIpc) is 3.51. The standard InChI is InChI=1S/C29H28N4O3/c1-32-14-13-30-28(32)27(21-15-22(35-2)17-23(16-21)36-3)31-29(34)25-19-33(18-20-9-5-4-6-10-20)26-12-8-7-11-24(25)26/h4-17,19,27H,18H2,1-3H3,(H,31,34). The van der Waals surface area contributed by atoms with E-state index in [1.165, 1.54) is 5.56 Å². The van der Waals surface area contributed by atoms with Crippen LogP contribution in [0, 0.1) is 0 Å². The van der Waals surface area contributed by atoms with Gasteiger partial charge < -0.3 is 23.9 Å². The normalized spacial score (nSPS) is 11.9. The van der Waals surface area contributed by atoms with Crippen LogP contribution in [0.1, 0.15) is 33.4 Å². The highest BCUT2D eigenvalue weighted by Gasteiger charge is 2.25. The maximum Gasteiger partial charge on any atom is 0.254 e. The number of benzene rings is 3. The monoisotopic (exact) mass is 480 g/mol. The number of rotatable bonds is 8. The second-order valence-corrected chi connectivity index (χ2v) is 8.62. The Morgan fingerprint density at radius 2 is 1.67 bits per heavy atom. The van der Waals surface area contributed by atoms with E-state index in [-0.39, 0.29) is 5.91 Å². The van der Waals surface area contributed by atoms with Crippen molar-refractivity contribution in [3.8, 4) is 11.5 Å². The molecule has 7 heteroatoms. The van der Waals surface area contributed by atoms with Gasteiger partial charge in [0.1, 0.15) is 23.4 Å². The van der Waals surface area contributed by atoms with E-state index in [2.05, 4.69) is 27.0 Å². The van der Waals surface area contributed by atoms with E-state index < -0.39 is 6.04 Å². The first kappa shape index (κ1) is 23.2. The van der Waals surface area contributed by atoms with Crippen molar-refractivity contribution in [3.05, 3.63) is 114 Å². The van der Waals surface area contributed by atoms with Crippen molar-refractivity contribution in [1.82, 2.24) is 19.4 Å². The maximum absolute atomic E-state index is 13.8. The number of nitrogens with one attached hydrogen (secondary N) is 1. The zero-order chi connectivity index (χ0) is 25.1.